The van der Waals surface area contributed by atoms with Crippen molar-refractivity contribution in [2.75, 3.05) is 26.7 Å². The normalized spacial score (nSPS) is 17.9. The maximum absolute atomic E-state index is 12.5. The Kier molecular flexibility index (Phi) is 7.56. The van der Waals surface area contributed by atoms with Crippen molar-refractivity contribution in [3.05, 3.63) is 24.2 Å². The lowest BCUT2D eigenvalue weighted by atomic mass is 9.96. The van der Waals surface area contributed by atoms with E-state index in [0.717, 1.165) is 31.2 Å². The van der Waals surface area contributed by atoms with Crippen molar-refractivity contribution in [3.8, 4) is 0 Å². The summed E-state index contributed by atoms with van der Waals surface area (Å²) in [5.74, 6) is 1.85. The molecule has 1 N–H and O–H groups in total. The molecule has 1 aromatic heterocycles. The number of carbonyl (C=O) groups is 1. The van der Waals surface area contributed by atoms with Gasteiger partial charge in [-0.3, -0.25) is 9.79 Å². The van der Waals surface area contributed by atoms with E-state index in [-0.39, 0.29) is 41.5 Å². The van der Waals surface area contributed by atoms with Crippen molar-refractivity contribution in [1.82, 2.24) is 15.1 Å². The maximum atomic E-state index is 12.5. The summed E-state index contributed by atoms with van der Waals surface area (Å²) in [4.78, 5) is 20.9. The number of hydrogen-bond donors (Lipinski definition) is 1. The Morgan fingerprint density at radius 3 is 2.67 bits per heavy atom. The van der Waals surface area contributed by atoms with Gasteiger partial charge in [-0.15, -0.1) is 24.0 Å². The second-order valence-electron chi connectivity index (χ2n) is 6.83. The van der Waals surface area contributed by atoms with E-state index >= 15 is 0 Å². The van der Waals surface area contributed by atoms with E-state index in [9.17, 15) is 4.79 Å². The van der Waals surface area contributed by atoms with Crippen LogP contribution in [0.3, 0.4) is 0 Å². The molecule has 0 unspecified atom stereocenters. The maximum Gasteiger partial charge on any atom is 0.242 e. The average Bonchev–Trinajstić information content (AvgIpc) is 2.94. The first kappa shape index (κ1) is 20.8. The number of halogens is 1. The number of nitrogens with zero attached hydrogens (tertiary/aromatic N) is 3. The predicted octanol–water partition coefficient (Wildman–Crippen LogP) is 2.35. The monoisotopic (exact) mass is 448 g/mol. The Morgan fingerprint density at radius 2 is 2.17 bits per heavy atom. The smallest absolute Gasteiger partial charge is 0.242 e. The van der Waals surface area contributed by atoms with Crippen LogP contribution in [-0.4, -0.2) is 59.9 Å². The van der Waals surface area contributed by atoms with Crippen LogP contribution in [-0.2, 0) is 11.2 Å². The van der Waals surface area contributed by atoms with E-state index in [2.05, 4.69) is 38.0 Å². The minimum absolute atomic E-state index is 0. The van der Waals surface area contributed by atoms with Gasteiger partial charge in [-0.25, -0.2) is 0 Å². The molecular formula is C17H29IN4O2. The SMILES string of the molecule is CN=C(NCCc1ccco1)N1CC(=O)N(C(C)C)C(C)(C)C1.I. The molecule has 0 atom stereocenters. The third kappa shape index (κ3) is 4.87. The van der Waals surface area contributed by atoms with Crippen LogP contribution in [0.25, 0.3) is 0 Å². The predicted molar refractivity (Wildman–Crippen MR) is 107 cm³/mol. The standard InChI is InChI=1S/C17H28N4O2.HI/c1-13(2)21-15(22)11-20(12-17(21,3)4)16(18-5)19-9-8-14-7-6-10-23-14;/h6-7,10,13H,8-9,11-12H2,1-5H3,(H,18,19);1H. The zero-order valence-corrected chi connectivity index (χ0v) is 17.5. The summed E-state index contributed by atoms with van der Waals surface area (Å²) in [5, 5.41) is 3.32. The molecule has 0 bridgehead atoms. The van der Waals surface area contributed by atoms with E-state index in [4.69, 9.17) is 4.42 Å². The van der Waals surface area contributed by atoms with Gasteiger partial charge in [-0.1, -0.05) is 0 Å². The lowest BCUT2D eigenvalue weighted by Crippen LogP contribution is -2.66. The first-order chi connectivity index (χ1) is 10.8. The molecule has 7 heteroatoms. The minimum atomic E-state index is -0.220. The molecule has 1 amide bonds. The fraction of sp³-hybridized carbons (Fsp3) is 0.647. The molecule has 1 aliphatic rings. The van der Waals surface area contributed by atoms with E-state index < -0.39 is 0 Å². The number of hydrogen-bond acceptors (Lipinski definition) is 3. The van der Waals surface area contributed by atoms with Crippen LogP contribution in [0.2, 0.25) is 0 Å². The number of amides is 1. The summed E-state index contributed by atoms with van der Waals surface area (Å²) in [5.41, 5.74) is -0.220. The third-order valence-corrected chi connectivity index (χ3v) is 4.09. The highest BCUT2D eigenvalue weighted by atomic mass is 127. The number of guanidine groups is 1. The topological polar surface area (TPSA) is 61.1 Å². The van der Waals surface area contributed by atoms with Gasteiger partial charge in [-0.2, -0.15) is 0 Å². The molecule has 0 aliphatic carbocycles. The van der Waals surface area contributed by atoms with E-state index in [1.807, 2.05) is 21.9 Å². The van der Waals surface area contributed by atoms with Crippen molar-refractivity contribution in [1.29, 1.82) is 0 Å². The molecule has 136 valence electrons. The fourth-order valence-corrected chi connectivity index (χ4v) is 3.40. The van der Waals surface area contributed by atoms with Gasteiger partial charge in [0.1, 0.15) is 5.76 Å². The Bertz CT molecular complexity index is 555. The van der Waals surface area contributed by atoms with Gasteiger partial charge in [0.05, 0.1) is 18.3 Å². The van der Waals surface area contributed by atoms with Crippen LogP contribution >= 0.6 is 24.0 Å². The van der Waals surface area contributed by atoms with E-state index in [1.165, 1.54) is 0 Å². The lowest BCUT2D eigenvalue weighted by molar-refractivity contribution is -0.145. The van der Waals surface area contributed by atoms with Crippen molar-refractivity contribution in [3.63, 3.8) is 0 Å². The average molecular weight is 448 g/mol. The zero-order valence-electron chi connectivity index (χ0n) is 15.2. The molecule has 2 rings (SSSR count). The Balaban J connectivity index is 0.00000288. The van der Waals surface area contributed by atoms with E-state index in [0.29, 0.717) is 6.54 Å². The number of furan rings is 1. The Labute approximate surface area is 161 Å². The molecule has 0 saturated carbocycles. The van der Waals surface area contributed by atoms with Crippen LogP contribution < -0.4 is 5.32 Å². The van der Waals surface area contributed by atoms with E-state index in [1.54, 1.807) is 13.3 Å². The Hall–Kier alpha value is -1.25. The second kappa shape index (κ2) is 8.73. The summed E-state index contributed by atoms with van der Waals surface area (Å²) in [7, 11) is 1.75. The van der Waals surface area contributed by atoms with Crippen LogP contribution in [0.15, 0.2) is 27.8 Å². The van der Waals surface area contributed by atoms with Gasteiger partial charge < -0.3 is 19.5 Å². The molecule has 0 radical (unpaired) electrons. The fourth-order valence-electron chi connectivity index (χ4n) is 3.40. The molecule has 1 aromatic rings. The van der Waals surface area contributed by atoms with Crippen LogP contribution in [0.1, 0.15) is 33.5 Å². The molecule has 0 aromatic carbocycles. The summed E-state index contributed by atoms with van der Waals surface area (Å²) in [6.45, 7) is 10.2. The van der Waals surface area contributed by atoms with Gasteiger partial charge in [0.2, 0.25) is 5.91 Å². The molecule has 24 heavy (non-hydrogen) atoms. The number of carbonyl (C=O) groups excluding carboxylic acids is 1. The van der Waals surface area contributed by atoms with Crippen molar-refractivity contribution < 1.29 is 9.21 Å². The molecule has 1 saturated heterocycles. The quantitative estimate of drug-likeness (QED) is 0.437. The summed E-state index contributed by atoms with van der Waals surface area (Å²) < 4.78 is 5.33. The van der Waals surface area contributed by atoms with Crippen LogP contribution in [0.5, 0.6) is 0 Å². The lowest BCUT2D eigenvalue weighted by Gasteiger charge is -2.49. The van der Waals surface area contributed by atoms with Gasteiger partial charge >= 0.3 is 0 Å². The van der Waals surface area contributed by atoms with Gasteiger partial charge in [-0.05, 0) is 39.8 Å². The van der Waals surface area contributed by atoms with Gasteiger partial charge in [0.25, 0.3) is 0 Å². The number of nitrogens with one attached hydrogen (secondary N) is 1. The van der Waals surface area contributed by atoms with Crippen molar-refractivity contribution in [2.45, 2.75) is 45.7 Å². The minimum Gasteiger partial charge on any atom is -0.469 e. The molecule has 2 heterocycles. The highest BCUT2D eigenvalue weighted by Gasteiger charge is 2.40. The highest BCUT2D eigenvalue weighted by Crippen LogP contribution is 2.24. The first-order valence-electron chi connectivity index (χ1n) is 8.15. The van der Waals surface area contributed by atoms with Crippen LogP contribution in [0.4, 0.5) is 0 Å². The number of rotatable bonds is 4. The first-order valence-corrected chi connectivity index (χ1v) is 8.15. The largest absolute Gasteiger partial charge is 0.469 e. The zero-order chi connectivity index (χ0) is 17.0. The third-order valence-electron chi connectivity index (χ3n) is 4.09. The molecule has 1 fully saturated rings. The van der Waals surface area contributed by atoms with Gasteiger partial charge in [0, 0.05) is 32.6 Å². The number of piperazine rings is 1. The molecule has 6 nitrogen and oxygen atoms in total. The summed E-state index contributed by atoms with van der Waals surface area (Å²) in [6.07, 6.45) is 2.46. The summed E-state index contributed by atoms with van der Waals surface area (Å²) >= 11 is 0. The molecule has 1 aliphatic heterocycles. The van der Waals surface area contributed by atoms with Crippen LogP contribution in [0, 0.1) is 0 Å². The highest BCUT2D eigenvalue weighted by molar-refractivity contribution is 14.0. The number of aliphatic imine (C=N–C) groups is 1. The summed E-state index contributed by atoms with van der Waals surface area (Å²) in [6, 6.07) is 4.04. The Morgan fingerprint density at radius 1 is 1.46 bits per heavy atom. The second-order valence-corrected chi connectivity index (χ2v) is 6.83. The van der Waals surface area contributed by atoms with Gasteiger partial charge in [0.15, 0.2) is 5.96 Å². The van der Waals surface area contributed by atoms with Crippen molar-refractivity contribution in [2.24, 2.45) is 4.99 Å². The molecular weight excluding hydrogens is 419 g/mol. The van der Waals surface area contributed by atoms with Crippen molar-refractivity contribution >= 4 is 35.8 Å². The molecule has 0 spiro atoms.